The summed E-state index contributed by atoms with van der Waals surface area (Å²) in [4.78, 5) is 16.3. The minimum Gasteiger partial charge on any atom is -0.494 e. The van der Waals surface area contributed by atoms with Crippen molar-refractivity contribution in [3.05, 3.63) is 83.6 Å². The lowest BCUT2D eigenvalue weighted by Crippen LogP contribution is -2.21. The van der Waals surface area contributed by atoms with Crippen molar-refractivity contribution in [2.24, 2.45) is 5.73 Å². The smallest absolute Gasteiger partial charge is 0.330 e. The number of ether oxygens (including phenoxy) is 1. The molecule has 3 aromatic rings. The van der Waals surface area contributed by atoms with E-state index in [1.807, 2.05) is 37.3 Å². The fraction of sp³-hybridized carbons (Fsp3) is 0.174. The number of rotatable bonds is 10. The lowest BCUT2D eigenvalue weighted by molar-refractivity contribution is -0.138. The summed E-state index contributed by atoms with van der Waals surface area (Å²) < 4.78 is 5.66. The van der Waals surface area contributed by atoms with Crippen LogP contribution in [-0.2, 0) is 11.3 Å². The van der Waals surface area contributed by atoms with Gasteiger partial charge in [0.15, 0.2) is 6.04 Å². The van der Waals surface area contributed by atoms with Crippen molar-refractivity contribution < 1.29 is 14.6 Å². The number of aliphatic carboxylic acids is 1. The second-order valence-corrected chi connectivity index (χ2v) is 6.82. The van der Waals surface area contributed by atoms with Crippen molar-refractivity contribution in [1.82, 2.24) is 4.98 Å². The van der Waals surface area contributed by atoms with Gasteiger partial charge in [-0.25, -0.2) is 9.78 Å². The SMILES string of the molecule is CCOc1cc(CNc2ccccn2)cc(C(Nc2ccc(C(=N)N)cc2)C(=O)O)c1.Cl. The molecule has 0 aliphatic carbocycles. The quantitative estimate of drug-likeness (QED) is 0.230. The molecule has 0 amide bonds. The molecule has 6 N–H and O–H groups in total. The van der Waals surface area contributed by atoms with Gasteiger partial charge in [-0.15, -0.1) is 12.4 Å². The first-order valence-corrected chi connectivity index (χ1v) is 9.81. The molecular weight excluding hydrogens is 430 g/mol. The molecule has 0 radical (unpaired) electrons. The average molecular weight is 456 g/mol. The van der Waals surface area contributed by atoms with Gasteiger partial charge in [0, 0.05) is 24.0 Å². The predicted molar refractivity (Wildman–Crippen MR) is 128 cm³/mol. The summed E-state index contributed by atoms with van der Waals surface area (Å²) in [5, 5.41) is 23.6. The highest BCUT2D eigenvalue weighted by Crippen LogP contribution is 2.26. The van der Waals surface area contributed by atoms with E-state index in [2.05, 4.69) is 15.6 Å². The highest BCUT2D eigenvalue weighted by molar-refractivity contribution is 5.95. The lowest BCUT2D eigenvalue weighted by atomic mass is 10.0. The van der Waals surface area contributed by atoms with E-state index in [0.717, 1.165) is 11.4 Å². The first-order valence-electron chi connectivity index (χ1n) is 9.81. The van der Waals surface area contributed by atoms with E-state index in [4.69, 9.17) is 15.9 Å². The molecule has 0 aliphatic rings. The van der Waals surface area contributed by atoms with E-state index in [0.29, 0.717) is 35.7 Å². The van der Waals surface area contributed by atoms with Gasteiger partial charge in [0.2, 0.25) is 0 Å². The molecule has 2 aromatic carbocycles. The number of benzene rings is 2. The first-order chi connectivity index (χ1) is 15.0. The Morgan fingerprint density at radius 3 is 2.53 bits per heavy atom. The van der Waals surface area contributed by atoms with Crippen LogP contribution >= 0.6 is 12.4 Å². The third-order valence-electron chi connectivity index (χ3n) is 4.53. The maximum atomic E-state index is 12.1. The lowest BCUT2D eigenvalue weighted by Gasteiger charge is -2.19. The molecular formula is C23H26ClN5O3. The van der Waals surface area contributed by atoms with Gasteiger partial charge >= 0.3 is 5.97 Å². The molecule has 0 aliphatic heterocycles. The number of carboxylic acid groups (broad SMARTS) is 1. The number of aromatic nitrogens is 1. The maximum Gasteiger partial charge on any atom is 0.330 e. The zero-order chi connectivity index (χ0) is 22.2. The molecule has 1 heterocycles. The van der Waals surface area contributed by atoms with Crippen LogP contribution in [0, 0.1) is 5.41 Å². The number of hydrogen-bond acceptors (Lipinski definition) is 6. The Labute approximate surface area is 192 Å². The Hall–Kier alpha value is -3.78. The molecule has 0 saturated carbocycles. The zero-order valence-electron chi connectivity index (χ0n) is 17.5. The van der Waals surface area contributed by atoms with Crippen molar-refractivity contribution in [1.29, 1.82) is 5.41 Å². The van der Waals surface area contributed by atoms with E-state index in [1.54, 1.807) is 36.5 Å². The Balaban J connectivity index is 0.00000363. The number of nitrogen functional groups attached to an aromatic ring is 1. The van der Waals surface area contributed by atoms with Crippen LogP contribution in [0.4, 0.5) is 11.5 Å². The monoisotopic (exact) mass is 455 g/mol. The van der Waals surface area contributed by atoms with Gasteiger partial charge in [0.25, 0.3) is 0 Å². The van der Waals surface area contributed by atoms with Crippen LogP contribution in [0.25, 0.3) is 0 Å². The first kappa shape index (κ1) is 24.5. The summed E-state index contributed by atoms with van der Waals surface area (Å²) in [6, 6.07) is 16.8. The molecule has 32 heavy (non-hydrogen) atoms. The Morgan fingerprint density at radius 1 is 1.19 bits per heavy atom. The average Bonchev–Trinajstić information content (AvgIpc) is 2.77. The second-order valence-electron chi connectivity index (χ2n) is 6.82. The summed E-state index contributed by atoms with van der Waals surface area (Å²) >= 11 is 0. The predicted octanol–water partition coefficient (Wildman–Crippen LogP) is 4.04. The standard InChI is InChI=1S/C23H25N5O3.ClH/c1-2-31-19-12-15(14-27-20-5-3-4-10-26-20)11-17(13-19)21(23(29)30)28-18-8-6-16(7-9-18)22(24)25;/h3-13,21,28H,2,14H2,1H3,(H3,24,25)(H,26,27)(H,29,30);1H. The van der Waals surface area contributed by atoms with E-state index >= 15 is 0 Å². The van der Waals surface area contributed by atoms with Gasteiger partial charge in [-0.2, -0.15) is 0 Å². The Kier molecular flexibility index (Phi) is 8.85. The topological polar surface area (TPSA) is 133 Å². The highest BCUT2D eigenvalue weighted by Gasteiger charge is 2.21. The molecule has 9 heteroatoms. The van der Waals surface area contributed by atoms with Crippen molar-refractivity contribution in [2.75, 3.05) is 17.2 Å². The fourth-order valence-electron chi connectivity index (χ4n) is 3.07. The van der Waals surface area contributed by atoms with Gasteiger partial charge in [-0.3, -0.25) is 5.41 Å². The number of nitrogens with zero attached hydrogens (tertiary/aromatic N) is 1. The highest BCUT2D eigenvalue weighted by atomic mass is 35.5. The van der Waals surface area contributed by atoms with Crippen LogP contribution in [0.15, 0.2) is 66.9 Å². The Morgan fingerprint density at radius 2 is 1.94 bits per heavy atom. The van der Waals surface area contributed by atoms with E-state index < -0.39 is 12.0 Å². The van der Waals surface area contributed by atoms with Crippen molar-refractivity contribution in [3.63, 3.8) is 0 Å². The summed E-state index contributed by atoms with van der Waals surface area (Å²) in [5.41, 5.74) is 8.08. The van der Waals surface area contributed by atoms with Crippen molar-refractivity contribution in [3.8, 4) is 5.75 Å². The third kappa shape index (κ3) is 6.61. The van der Waals surface area contributed by atoms with Crippen LogP contribution in [0.1, 0.15) is 29.7 Å². The molecule has 3 rings (SSSR count). The number of pyridine rings is 1. The molecule has 0 saturated heterocycles. The van der Waals surface area contributed by atoms with Gasteiger partial charge in [-0.05, 0) is 66.6 Å². The van der Waals surface area contributed by atoms with Crippen molar-refractivity contribution in [2.45, 2.75) is 19.5 Å². The molecule has 8 nitrogen and oxygen atoms in total. The maximum absolute atomic E-state index is 12.1. The minimum atomic E-state index is -1.02. The molecule has 168 valence electrons. The summed E-state index contributed by atoms with van der Waals surface area (Å²) in [6.45, 7) is 2.81. The minimum absolute atomic E-state index is 0. The molecule has 1 unspecified atom stereocenters. The van der Waals surface area contributed by atoms with Crippen molar-refractivity contribution >= 4 is 35.7 Å². The summed E-state index contributed by atoms with van der Waals surface area (Å²) in [7, 11) is 0. The Bertz CT molecular complexity index is 1050. The van der Waals surface area contributed by atoms with E-state index in [1.165, 1.54) is 0 Å². The number of halogens is 1. The van der Waals surface area contributed by atoms with Gasteiger partial charge in [0.1, 0.15) is 17.4 Å². The number of nitrogens with one attached hydrogen (secondary N) is 3. The number of carbonyl (C=O) groups is 1. The van der Waals surface area contributed by atoms with Crippen LogP contribution < -0.4 is 21.1 Å². The molecule has 0 bridgehead atoms. The van der Waals surface area contributed by atoms with Crippen LogP contribution in [0.5, 0.6) is 5.75 Å². The summed E-state index contributed by atoms with van der Waals surface area (Å²) in [6.07, 6.45) is 1.70. The largest absolute Gasteiger partial charge is 0.494 e. The number of amidine groups is 1. The van der Waals surface area contributed by atoms with Crippen LogP contribution in [0.2, 0.25) is 0 Å². The number of carboxylic acids is 1. The number of nitrogens with two attached hydrogens (primary N) is 1. The number of anilines is 2. The third-order valence-corrected chi connectivity index (χ3v) is 4.53. The second kappa shape index (κ2) is 11.6. The van der Waals surface area contributed by atoms with Crippen LogP contribution in [0.3, 0.4) is 0 Å². The van der Waals surface area contributed by atoms with Gasteiger partial charge in [-0.1, -0.05) is 12.1 Å². The van der Waals surface area contributed by atoms with Gasteiger partial charge in [0.05, 0.1) is 6.61 Å². The molecule has 1 aromatic heterocycles. The molecule has 0 spiro atoms. The molecule has 0 fully saturated rings. The van der Waals surface area contributed by atoms with E-state index in [-0.39, 0.29) is 18.2 Å². The molecule has 1 atom stereocenters. The summed E-state index contributed by atoms with van der Waals surface area (Å²) in [5.74, 6) is 0.255. The zero-order valence-corrected chi connectivity index (χ0v) is 18.4. The number of hydrogen-bond donors (Lipinski definition) is 5. The normalized spacial score (nSPS) is 11.0. The fourth-order valence-corrected chi connectivity index (χ4v) is 3.07. The van der Waals surface area contributed by atoms with E-state index in [9.17, 15) is 9.90 Å². The van der Waals surface area contributed by atoms with Gasteiger partial charge < -0.3 is 26.2 Å². The van der Waals surface area contributed by atoms with Crippen LogP contribution in [-0.4, -0.2) is 28.5 Å².